The molecule has 0 bridgehead atoms. The molecular formula is C13H15N3O. The van der Waals surface area contributed by atoms with Crippen LogP contribution in [0.2, 0.25) is 0 Å². The number of ketones is 1. The summed E-state index contributed by atoms with van der Waals surface area (Å²) >= 11 is 0. The van der Waals surface area contributed by atoms with E-state index in [1.807, 2.05) is 18.2 Å². The van der Waals surface area contributed by atoms with Gasteiger partial charge in [-0.1, -0.05) is 13.0 Å². The lowest BCUT2D eigenvalue weighted by molar-refractivity contribution is 0.0981. The second kappa shape index (κ2) is 5.39. The van der Waals surface area contributed by atoms with Crippen LogP contribution in [-0.2, 0) is 13.0 Å². The van der Waals surface area contributed by atoms with Gasteiger partial charge in [0, 0.05) is 24.6 Å². The molecule has 2 aromatic rings. The highest BCUT2D eigenvalue weighted by Gasteiger charge is 2.12. The van der Waals surface area contributed by atoms with Crippen molar-refractivity contribution in [2.45, 2.75) is 26.3 Å². The zero-order valence-electron chi connectivity index (χ0n) is 9.84. The summed E-state index contributed by atoms with van der Waals surface area (Å²) in [5.41, 5.74) is 1.46. The number of hydrogen-bond donors (Lipinski definition) is 0. The fraction of sp³-hybridized carbons (Fsp3) is 0.308. The summed E-state index contributed by atoms with van der Waals surface area (Å²) < 4.78 is 1.76. The SMILES string of the molecule is CCCn1nccc1C(=O)Cc1ccccn1. The molecule has 0 aliphatic heterocycles. The molecule has 2 heterocycles. The van der Waals surface area contributed by atoms with Crippen LogP contribution in [0.3, 0.4) is 0 Å². The summed E-state index contributed by atoms with van der Waals surface area (Å²) in [4.78, 5) is 16.2. The van der Waals surface area contributed by atoms with Gasteiger partial charge in [-0.15, -0.1) is 0 Å². The second-order valence-corrected chi connectivity index (χ2v) is 3.86. The quantitative estimate of drug-likeness (QED) is 0.738. The molecule has 17 heavy (non-hydrogen) atoms. The molecule has 0 saturated heterocycles. The molecule has 0 aliphatic rings. The first-order valence-electron chi connectivity index (χ1n) is 5.76. The van der Waals surface area contributed by atoms with Gasteiger partial charge in [0.1, 0.15) is 5.69 Å². The first kappa shape index (κ1) is 11.5. The van der Waals surface area contributed by atoms with Gasteiger partial charge >= 0.3 is 0 Å². The molecule has 88 valence electrons. The number of aromatic nitrogens is 3. The number of rotatable bonds is 5. The van der Waals surface area contributed by atoms with Gasteiger partial charge in [-0.3, -0.25) is 14.5 Å². The molecule has 0 atom stereocenters. The Morgan fingerprint density at radius 2 is 2.18 bits per heavy atom. The zero-order chi connectivity index (χ0) is 12.1. The lowest BCUT2D eigenvalue weighted by Crippen LogP contribution is -2.13. The van der Waals surface area contributed by atoms with Crippen LogP contribution in [-0.4, -0.2) is 20.5 Å². The maximum atomic E-state index is 12.1. The highest BCUT2D eigenvalue weighted by molar-refractivity contribution is 5.95. The molecule has 0 radical (unpaired) electrons. The number of carbonyl (C=O) groups is 1. The molecule has 0 saturated carbocycles. The van der Waals surface area contributed by atoms with Crippen molar-refractivity contribution in [2.24, 2.45) is 0 Å². The Morgan fingerprint density at radius 1 is 1.29 bits per heavy atom. The number of aryl methyl sites for hydroxylation is 1. The van der Waals surface area contributed by atoms with Crippen LogP contribution < -0.4 is 0 Å². The van der Waals surface area contributed by atoms with Gasteiger partial charge in [-0.2, -0.15) is 5.10 Å². The van der Waals surface area contributed by atoms with Crippen molar-refractivity contribution in [1.29, 1.82) is 0 Å². The van der Waals surface area contributed by atoms with E-state index in [2.05, 4.69) is 17.0 Å². The summed E-state index contributed by atoms with van der Waals surface area (Å²) in [6.07, 6.45) is 4.66. The van der Waals surface area contributed by atoms with Crippen molar-refractivity contribution in [1.82, 2.24) is 14.8 Å². The molecule has 0 aromatic carbocycles. The number of carbonyl (C=O) groups excluding carboxylic acids is 1. The fourth-order valence-corrected chi connectivity index (χ4v) is 1.72. The minimum Gasteiger partial charge on any atom is -0.292 e. The van der Waals surface area contributed by atoms with E-state index in [0.717, 1.165) is 18.7 Å². The van der Waals surface area contributed by atoms with Crippen LogP contribution in [0, 0.1) is 0 Å². The Hall–Kier alpha value is -1.97. The second-order valence-electron chi connectivity index (χ2n) is 3.86. The van der Waals surface area contributed by atoms with Crippen molar-refractivity contribution in [2.75, 3.05) is 0 Å². The van der Waals surface area contributed by atoms with Gasteiger partial charge in [-0.25, -0.2) is 0 Å². The Morgan fingerprint density at radius 3 is 2.88 bits per heavy atom. The van der Waals surface area contributed by atoms with Crippen molar-refractivity contribution < 1.29 is 4.79 Å². The average Bonchev–Trinajstić information content (AvgIpc) is 2.79. The van der Waals surface area contributed by atoms with Crippen molar-refractivity contribution in [3.8, 4) is 0 Å². The van der Waals surface area contributed by atoms with Crippen molar-refractivity contribution in [3.63, 3.8) is 0 Å². The normalized spacial score (nSPS) is 10.4. The minimum atomic E-state index is 0.0645. The van der Waals surface area contributed by atoms with Gasteiger partial charge in [-0.05, 0) is 24.6 Å². The molecule has 0 spiro atoms. The van der Waals surface area contributed by atoms with Crippen LogP contribution in [0.15, 0.2) is 36.7 Å². The predicted octanol–water partition coefficient (Wildman–Crippen LogP) is 2.11. The molecule has 0 fully saturated rings. The van der Waals surface area contributed by atoms with Crippen LogP contribution in [0.4, 0.5) is 0 Å². The number of hydrogen-bond acceptors (Lipinski definition) is 3. The van der Waals surface area contributed by atoms with E-state index < -0.39 is 0 Å². The Kier molecular flexibility index (Phi) is 3.65. The molecule has 2 aromatic heterocycles. The van der Waals surface area contributed by atoms with E-state index in [1.54, 1.807) is 23.1 Å². The predicted molar refractivity (Wildman–Crippen MR) is 64.8 cm³/mol. The van der Waals surface area contributed by atoms with Crippen LogP contribution in [0.5, 0.6) is 0 Å². The third-order valence-corrected chi connectivity index (χ3v) is 2.51. The van der Waals surface area contributed by atoms with E-state index in [0.29, 0.717) is 12.1 Å². The maximum absolute atomic E-state index is 12.1. The smallest absolute Gasteiger partial charge is 0.186 e. The highest BCUT2D eigenvalue weighted by atomic mass is 16.1. The number of nitrogens with zero attached hydrogens (tertiary/aromatic N) is 3. The number of Topliss-reactive ketones (excluding diaryl/α,β-unsaturated/α-hetero) is 1. The van der Waals surface area contributed by atoms with Crippen LogP contribution in [0.25, 0.3) is 0 Å². The lowest BCUT2D eigenvalue weighted by Gasteiger charge is -2.04. The molecule has 0 N–H and O–H groups in total. The molecule has 0 aliphatic carbocycles. The molecular weight excluding hydrogens is 214 g/mol. The zero-order valence-corrected chi connectivity index (χ0v) is 9.84. The highest BCUT2D eigenvalue weighted by Crippen LogP contribution is 2.06. The van der Waals surface area contributed by atoms with Gasteiger partial charge in [0.25, 0.3) is 0 Å². The minimum absolute atomic E-state index is 0.0645. The van der Waals surface area contributed by atoms with E-state index in [9.17, 15) is 4.79 Å². The monoisotopic (exact) mass is 229 g/mol. The first-order chi connectivity index (χ1) is 8.31. The van der Waals surface area contributed by atoms with Gasteiger partial charge < -0.3 is 0 Å². The summed E-state index contributed by atoms with van der Waals surface area (Å²) in [6, 6.07) is 7.35. The topological polar surface area (TPSA) is 47.8 Å². The fourth-order valence-electron chi connectivity index (χ4n) is 1.72. The summed E-state index contributed by atoms with van der Waals surface area (Å²) in [7, 11) is 0. The summed E-state index contributed by atoms with van der Waals surface area (Å²) in [6.45, 7) is 2.84. The molecule has 0 amide bonds. The van der Waals surface area contributed by atoms with E-state index in [4.69, 9.17) is 0 Å². The molecule has 2 rings (SSSR count). The standard InChI is InChI=1S/C13H15N3O/c1-2-9-16-12(6-8-15-16)13(17)10-11-5-3-4-7-14-11/h3-8H,2,9-10H2,1H3. The van der Waals surface area contributed by atoms with E-state index >= 15 is 0 Å². The summed E-state index contributed by atoms with van der Waals surface area (Å²) in [5, 5.41) is 4.14. The molecule has 0 unspecified atom stereocenters. The largest absolute Gasteiger partial charge is 0.292 e. The van der Waals surface area contributed by atoms with Gasteiger partial charge in [0.2, 0.25) is 0 Å². The molecule has 4 heteroatoms. The first-order valence-corrected chi connectivity index (χ1v) is 5.76. The van der Waals surface area contributed by atoms with E-state index in [1.165, 1.54) is 0 Å². The average molecular weight is 229 g/mol. The number of pyridine rings is 1. The van der Waals surface area contributed by atoms with Gasteiger partial charge in [0.05, 0.1) is 6.42 Å². The van der Waals surface area contributed by atoms with Crippen LogP contribution in [0.1, 0.15) is 29.5 Å². The van der Waals surface area contributed by atoms with Crippen LogP contribution >= 0.6 is 0 Å². The lowest BCUT2D eigenvalue weighted by atomic mass is 10.1. The van der Waals surface area contributed by atoms with Gasteiger partial charge in [0.15, 0.2) is 5.78 Å². The summed E-state index contributed by atoms with van der Waals surface area (Å²) in [5.74, 6) is 0.0645. The van der Waals surface area contributed by atoms with Crippen molar-refractivity contribution >= 4 is 5.78 Å². The Labute approximate surface area is 100 Å². The third kappa shape index (κ3) is 2.78. The molecule has 4 nitrogen and oxygen atoms in total. The Balaban J connectivity index is 2.12. The Bertz CT molecular complexity index is 490. The van der Waals surface area contributed by atoms with E-state index in [-0.39, 0.29) is 5.78 Å². The maximum Gasteiger partial charge on any atom is 0.186 e. The third-order valence-electron chi connectivity index (χ3n) is 2.51. The van der Waals surface area contributed by atoms with Crippen molar-refractivity contribution in [3.05, 3.63) is 48.0 Å².